The summed E-state index contributed by atoms with van der Waals surface area (Å²) in [5, 5.41) is 13.8. The van der Waals surface area contributed by atoms with Crippen molar-refractivity contribution in [2.24, 2.45) is 5.92 Å². The van der Waals surface area contributed by atoms with Gasteiger partial charge in [0, 0.05) is 29.9 Å². The highest BCUT2D eigenvalue weighted by atomic mass is 16.5. The Hall–Kier alpha value is -3.91. The fraction of sp³-hybridized carbons (Fsp3) is 0.296. The summed E-state index contributed by atoms with van der Waals surface area (Å²) in [7, 11) is 1.58. The van der Waals surface area contributed by atoms with Crippen molar-refractivity contribution < 1.29 is 14.6 Å². The van der Waals surface area contributed by atoms with Gasteiger partial charge in [0.05, 0.1) is 23.7 Å². The minimum Gasteiger partial charge on any atom is -0.507 e. The predicted molar refractivity (Wildman–Crippen MR) is 133 cm³/mol. The van der Waals surface area contributed by atoms with E-state index in [1.165, 1.54) is 0 Å². The minimum absolute atomic E-state index is 0.0599. The van der Waals surface area contributed by atoms with Crippen LogP contribution in [0.1, 0.15) is 23.2 Å². The first kappa shape index (κ1) is 21.6. The molecule has 3 saturated heterocycles. The van der Waals surface area contributed by atoms with Gasteiger partial charge in [0.2, 0.25) is 5.88 Å². The van der Waals surface area contributed by atoms with E-state index in [1.54, 1.807) is 25.4 Å². The summed E-state index contributed by atoms with van der Waals surface area (Å²) < 4.78 is 5.39. The summed E-state index contributed by atoms with van der Waals surface area (Å²) in [6.07, 6.45) is 3.98. The minimum atomic E-state index is -0.0599. The van der Waals surface area contributed by atoms with Gasteiger partial charge in [-0.2, -0.15) is 0 Å². The Balaban J connectivity index is 1.29. The van der Waals surface area contributed by atoms with Gasteiger partial charge in [-0.3, -0.25) is 4.79 Å². The fourth-order valence-corrected chi connectivity index (χ4v) is 5.33. The molecule has 8 heteroatoms. The van der Waals surface area contributed by atoms with E-state index < -0.39 is 0 Å². The maximum absolute atomic E-state index is 13.0. The summed E-state index contributed by atoms with van der Waals surface area (Å²) >= 11 is 0. The zero-order valence-corrected chi connectivity index (χ0v) is 19.5. The van der Waals surface area contributed by atoms with E-state index in [2.05, 4.69) is 25.2 Å². The Morgan fingerprint density at radius 1 is 1.14 bits per heavy atom. The number of pyridine rings is 1. The standard InChI is InChI=1S/C27H27N5O3/c1-35-27-19(3-2-10-28-27)17-5-7-24(33)20(13-17)25-29-21-6-4-18(14-22(21)30-25)26(34)31-23-15-32-11-8-16(23)9-12-32/h2-7,10,13-14,16,23,33H,8-9,11-12,15H2,1H3,(H,29,30)(H,31,34). The number of amides is 1. The lowest BCUT2D eigenvalue weighted by Crippen LogP contribution is -2.57. The number of aromatic hydroxyl groups is 1. The third-order valence-corrected chi connectivity index (χ3v) is 7.24. The zero-order chi connectivity index (χ0) is 23.9. The number of phenolic OH excluding ortho intramolecular Hbond substituents is 1. The lowest BCUT2D eigenvalue weighted by molar-refractivity contribution is 0.0620. The van der Waals surface area contributed by atoms with E-state index in [0.29, 0.717) is 28.7 Å². The molecule has 7 rings (SSSR count). The van der Waals surface area contributed by atoms with E-state index in [-0.39, 0.29) is 17.7 Å². The van der Waals surface area contributed by atoms with Crippen LogP contribution in [0.2, 0.25) is 0 Å². The number of aromatic nitrogens is 3. The molecule has 1 unspecified atom stereocenters. The molecule has 1 atom stereocenters. The highest BCUT2D eigenvalue weighted by molar-refractivity contribution is 5.98. The van der Waals surface area contributed by atoms with Gasteiger partial charge in [-0.05, 0) is 79.9 Å². The van der Waals surface area contributed by atoms with Crippen molar-refractivity contribution in [3.05, 3.63) is 60.3 Å². The third kappa shape index (κ3) is 4.00. The van der Waals surface area contributed by atoms with Gasteiger partial charge in [-0.15, -0.1) is 0 Å². The number of imidazole rings is 1. The monoisotopic (exact) mass is 469 g/mol. The molecule has 3 fully saturated rings. The molecule has 2 aromatic heterocycles. The number of ether oxygens (including phenoxy) is 1. The Labute approximate surface area is 203 Å². The number of aromatic amines is 1. The number of benzene rings is 2. The molecule has 3 N–H and O–H groups in total. The van der Waals surface area contributed by atoms with Gasteiger partial charge in [0.25, 0.3) is 5.91 Å². The maximum atomic E-state index is 13.0. The van der Waals surface area contributed by atoms with Crippen molar-refractivity contribution in [2.45, 2.75) is 18.9 Å². The Kier molecular flexibility index (Phi) is 5.37. The van der Waals surface area contributed by atoms with Gasteiger partial charge in [-0.1, -0.05) is 6.07 Å². The summed E-state index contributed by atoms with van der Waals surface area (Å²) in [6, 6.07) is 14.7. The number of H-pyrrole nitrogens is 1. The number of nitrogens with one attached hydrogen (secondary N) is 2. The molecule has 0 spiro atoms. The molecule has 0 saturated carbocycles. The molecule has 4 aromatic rings. The number of methoxy groups -OCH3 is 1. The molecule has 3 aliphatic rings. The van der Waals surface area contributed by atoms with Gasteiger partial charge >= 0.3 is 0 Å². The van der Waals surface area contributed by atoms with Crippen LogP contribution >= 0.6 is 0 Å². The topological polar surface area (TPSA) is 103 Å². The largest absolute Gasteiger partial charge is 0.507 e. The van der Waals surface area contributed by atoms with Crippen LogP contribution in [0.5, 0.6) is 11.6 Å². The summed E-state index contributed by atoms with van der Waals surface area (Å²) in [5.74, 6) is 1.65. The SMILES string of the molecule is COc1ncccc1-c1ccc(O)c(-c2nc3ccc(C(=O)NC4CN5CCC4CC5)cc3[nH]2)c1. The maximum Gasteiger partial charge on any atom is 0.251 e. The average Bonchev–Trinajstić information content (AvgIpc) is 3.33. The average molecular weight is 470 g/mol. The number of phenols is 1. The normalized spacial score (nSPS) is 21.2. The molecule has 3 aliphatic heterocycles. The molecule has 2 aromatic carbocycles. The molecule has 35 heavy (non-hydrogen) atoms. The van der Waals surface area contributed by atoms with Crippen LogP contribution < -0.4 is 10.1 Å². The third-order valence-electron chi connectivity index (χ3n) is 7.24. The van der Waals surface area contributed by atoms with E-state index in [0.717, 1.165) is 54.6 Å². The van der Waals surface area contributed by atoms with Gasteiger partial charge < -0.3 is 25.0 Å². The van der Waals surface area contributed by atoms with Crippen molar-refractivity contribution in [2.75, 3.05) is 26.7 Å². The first-order valence-corrected chi connectivity index (χ1v) is 11.9. The Morgan fingerprint density at radius 2 is 2.00 bits per heavy atom. The van der Waals surface area contributed by atoms with E-state index in [4.69, 9.17) is 4.74 Å². The zero-order valence-electron chi connectivity index (χ0n) is 19.5. The predicted octanol–water partition coefficient (Wildman–Crippen LogP) is 3.83. The number of piperidine rings is 3. The molecule has 2 bridgehead atoms. The molecule has 5 heterocycles. The molecule has 1 amide bonds. The van der Waals surface area contributed by atoms with Crippen LogP contribution in [-0.2, 0) is 0 Å². The van der Waals surface area contributed by atoms with E-state index >= 15 is 0 Å². The lowest BCUT2D eigenvalue weighted by atomic mass is 9.84. The number of nitrogens with zero attached hydrogens (tertiary/aromatic N) is 3. The second-order valence-electron chi connectivity index (χ2n) is 9.33. The second kappa shape index (κ2) is 8.70. The van der Waals surface area contributed by atoms with E-state index in [1.807, 2.05) is 36.4 Å². The Bertz CT molecular complexity index is 1410. The van der Waals surface area contributed by atoms with E-state index in [9.17, 15) is 9.90 Å². The molecular weight excluding hydrogens is 442 g/mol. The molecular formula is C27H27N5O3. The number of fused-ring (bicyclic) bond motifs is 4. The summed E-state index contributed by atoms with van der Waals surface area (Å²) in [5.41, 5.74) is 4.29. The molecule has 178 valence electrons. The van der Waals surface area contributed by atoms with Crippen molar-refractivity contribution in [1.29, 1.82) is 0 Å². The summed E-state index contributed by atoms with van der Waals surface area (Å²) in [4.78, 5) is 27.6. The number of hydrogen-bond donors (Lipinski definition) is 3. The van der Waals surface area contributed by atoms with Gasteiger partial charge in [-0.25, -0.2) is 9.97 Å². The highest BCUT2D eigenvalue weighted by Gasteiger charge is 2.35. The smallest absolute Gasteiger partial charge is 0.251 e. The van der Waals surface area contributed by atoms with Crippen LogP contribution in [-0.4, -0.2) is 63.7 Å². The van der Waals surface area contributed by atoms with Gasteiger partial charge in [0.1, 0.15) is 11.6 Å². The highest BCUT2D eigenvalue weighted by Crippen LogP contribution is 2.36. The fourth-order valence-electron chi connectivity index (χ4n) is 5.33. The molecule has 0 aliphatic carbocycles. The summed E-state index contributed by atoms with van der Waals surface area (Å²) in [6.45, 7) is 3.22. The van der Waals surface area contributed by atoms with Crippen LogP contribution in [0.25, 0.3) is 33.5 Å². The number of hydrogen-bond acceptors (Lipinski definition) is 6. The second-order valence-corrected chi connectivity index (χ2v) is 9.33. The Morgan fingerprint density at radius 3 is 2.77 bits per heavy atom. The first-order valence-electron chi connectivity index (χ1n) is 11.9. The lowest BCUT2D eigenvalue weighted by Gasteiger charge is -2.44. The number of rotatable bonds is 5. The first-order chi connectivity index (χ1) is 17.1. The number of carbonyl (C=O) groups excluding carboxylic acids is 1. The van der Waals surface area contributed by atoms with Crippen LogP contribution in [0.3, 0.4) is 0 Å². The van der Waals surface area contributed by atoms with Crippen molar-refractivity contribution in [3.63, 3.8) is 0 Å². The quantitative estimate of drug-likeness (QED) is 0.411. The molecule has 0 radical (unpaired) electrons. The van der Waals surface area contributed by atoms with Crippen LogP contribution in [0.15, 0.2) is 54.7 Å². The number of carbonyl (C=O) groups is 1. The van der Waals surface area contributed by atoms with Crippen molar-refractivity contribution in [1.82, 2.24) is 25.2 Å². The van der Waals surface area contributed by atoms with Gasteiger partial charge in [0.15, 0.2) is 0 Å². The van der Waals surface area contributed by atoms with Crippen molar-refractivity contribution >= 4 is 16.9 Å². The van der Waals surface area contributed by atoms with Crippen LogP contribution in [0, 0.1) is 5.92 Å². The van der Waals surface area contributed by atoms with Crippen molar-refractivity contribution in [3.8, 4) is 34.1 Å². The van der Waals surface area contributed by atoms with Crippen LogP contribution in [0.4, 0.5) is 0 Å². The molecule has 8 nitrogen and oxygen atoms in total.